The molecular formula is C23H26O3. The first-order valence-corrected chi connectivity index (χ1v) is 9.91. The molecule has 5 rings (SSSR count). The molecule has 3 heteroatoms. The number of rotatable bonds is 1. The van der Waals surface area contributed by atoms with E-state index in [4.69, 9.17) is 0 Å². The molecule has 0 spiro atoms. The van der Waals surface area contributed by atoms with E-state index in [2.05, 4.69) is 30.3 Å². The van der Waals surface area contributed by atoms with Crippen molar-refractivity contribution in [3.05, 3.63) is 59.2 Å². The number of phenolic OH excluding ortho intramolecular Hbond substituents is 2. The summed E-state index contributed by atoms with van der Waals surface area (Å²) in [6.07, 6.45) is 4.74. The minimum atomic E-state index is -0.160. The summed E-state index contributed by atoms with van der Waals surface area (Å²) >= 11 is 0. The molecule has 136 valence electrons. The van der Waals surface area contributed by atoms with Crippen LogP contribution in [0.4, 0.5) is 0 Å². The Morgan fingerprint density at radius 2 is 1.58 bits per heavy atom. The lowest BCUT2D eigenvalue weighted by atomic mass is 9.55. The van der Waals surface area contributed by atoms with E-state index in [1.807, 2.05) is 6.07 Å². The number of aromatic hydroxyl groups is 2. The first-order valence-electron chi connectivity index (χ1n) is 9.91. The number of aliphatic hydroxyl groups is 1. The number of hydrogen-bond donors (Lipinski definition) is 3. The highest BCUT2D eigenvalue weighted by Gasteiger charge is 2.51. The lowest BCUT2D eigenvalue weighted by Crippen LogP contribution is -2.40. The van der Waals surface area contributed by atoms with Gasteiger partial charge in [-0.15, -0.1) is 0 Å². The summed E-state index contributed by atoms with van der Waals surface area (Å²) in [7, 11) is 0. The molecule has 3 N–H and O–H groups in total. The second kappa shape index (κ2) is 6.02. The molecule has 0 aromatic heterocycles. The molecule has 0 radical (unpaired) electrons. The summed E-state index contributed by atoms with van der Waals surface area (Å²) in [4.78, 5) is 0. The van der Waals surface area contributed by atoms with Crippen molar-refractivity contribution in [2.75, 3.05) is 0 Å². The maximum atomic E-state index is 10.6. The quantitative estimate of drug-likeness (QED) is 0.718. The SMILES string of the molecule is Oc1cc(O)c2c(c1)C[C@H](c1ccccc1)[C@H]1[C@@H]3CCC(O)[C@H]3CC[C@H]21. The van der Waals surface area contributed by atoms with E-state index in [1.54, 1.807) is 0 Å². The van der Waals surface area contributed by atoms with Crippen LogP contribution in [0, 0.1) is 17.8 Å². The average Bonchev–Trinajstić information content (AvgIpc) is 3.02. The Kier molecular flexibility index (Phi) is 3.75. The Hall–Kier alpha value is -2.00. The van der Waals surface area contributed by atoms with Crippen LogP contribution in [-0.4, -0.2) is 21.4 Å². The van der Waals surface area contributed by atoms with E-state index in [9.17, 15) is 15.3 Å². The van der Waals surface area contributed by atoms with E-state index in [0.29, 0.717) is 29.6 Å². The molecule has 0 bridgehead atoms. The molecule has 3 nitrogen and oxygen atoms in total. The highest BCUT2D eigenvalue weighted by atomic mass is 16.3. The maximum Gasteiger partial charge on any atom is 0.123 e. The largest absolute Gasteiger partial charge is 0.508 e. The number of aliphatic hydroxyl groups excluding tert-OH is 1. The molecule has 0 amide bonds. The van der Waals surface area contributed by atoms with Crippen LogP contribution < -0.4 is 0 Å². The normalized spacial score (nSPS) is 35.4. The van der Waals surface area contributed by atoms with E-state index >= 15 is 0 Å². The van der Waals surface area contributed by atoms with Crippen LogP contribution in [0.3, 0.4) is 0 Å². The topological polar surface area (TPSA) is 60.7 Å². The fourth-order valence-corrected chi connectivity index (χ4v) is 6.43. The monoisotopic (exact) mass is 350 g/mol. The smallest absolute Gasteiger partial charge is 0.123 e. The van der Waals surface area contributed by atoms with Crippen molar-refractivity contribution in [3.8, 4) is 11.5 Å². The van der Waals surface area contributed by atoms with Crippen LogP contribution >= 0.6 is 0 Å². The van der Waals surface area contributed by atoms with Gasteiger partial charge < -0.3 is 15.3 Å². The molecule has 3 aliphatic rings. The van der Waals surface area contributed by atoms with Crippen LogP contribution in [0.1, 0.15) is 54.2 Å². The molecule has 2 aromatic carbocycles. The van der Waals surface area contributed by atoms with Gasteiger partial charge in [0.05, 0.1) is 6.10 Å². The molecule has 1 unspecified atom stereocenters. The predicted molar refractivity (Wildman–Crippen MR) is 100 cm³/mol. The van der Waals surface area contributed by atoms with E-state index < -0.39 is 0 Å². The van der Waals surface area contributed by atoms with Gasteiger partial charge >= 0.3 is 0 Å². The average molecular weight is 350 g/mol. The Morgan fingerprint density at radius 3 is 2.38 bits per heavy atom. The van der Waals surface area contributed by atoms with Crippen molar-refractivity contribution < 1.29 is 15.3 Å². The first kappa shape index (κ1) is 16.2. The molecule has 3 aliphatic carbocycles. The third-order valence-corrected chi connectivity index (χ3v) is 7.34. The maximum absolute atomic E-state index is 10.6. The van der Waals surface area contributed by atoms with E-state index in [1.165, 1.54) is 11.6 Å². The van der Waals surface area contributed by atoms with Crippen molar-refractivity contribution in [1.29, 1.82) is 0 Å². The van der Waals surface area contributed by atoms with Crippen LogP contribution in [-0.2, 0) is 6.42 Å². The fraction of sp³-hybridized carbons (Fsp3) is 0.478. The van der Waals surface area contributed by atoms with Crippen LogP contribution in [0.2, 0.25) is 0 Å². The lowest BCUT2D eigenvalue weighted by Gasteiger charge is -2.49. The number of fused-ring (bicyclic) bond motifs is 5. The number of hydrogen-bond acceptors (Lipinski definition) is 3. The summed E-state index contributed by atoms with van der Waals surface area (Å²) in [6, 6.07) is 14.0. The third kappa shape index (κ3) is 2.37. The Labute approximate surface area is 154 Å². The standard InChI is InChI=1S/C23H26O3/c24-15-10-14-11-19(13-4-2-1-3-5-13)23-17-8-9-20(25)16(17)6-7-18(23)22(14)21(26)12-15/h1-5,10,12,16-20,23-26H,6-9,11H2/t16-,17+,18+,19+,20?,23-/m0/s1. The zero-order chi connectivity index (χ0) is 17.8. The van der Waals surface area contributed by atoms with Crippen molar-refractivity contribution in [3.63, 3.8) is 0 Å². The Morgan fingerprint density at radius 1 is 0.808 bits per heavy atom. The van der Waals surface area contributed by atoms with Crippen LogP contribution in [0.25, 0.3) is 0 Å². The Balaban J connectivity index is 1.65. The van der Waals surface area contributed by atoms with Gasteiger partial charge in [0, 0.05) is 11.6 Å². The van der Waals surface area contributed by atoms with Crippen LogP contribution in [0.5, 0.6) is 11.5 Å². The van der Waals surface area contributed by atoms with Gasteiger partial charge in [-0.2, -0.15) is 0 Å². The molecule has 2 saturated carbocycles. The second-order valence-electron chi connectivity index (χ2n) is 8.49. The van der Waals surface area contributed by atoms with Gasteiger partial charge in [-0.05, 0) is 78.9 Å². The summed E-state index contributed by atoms with van der Waals surface area (Å²) in [5.41, 5.74) is 3.49. The number of phenols is 2. The number of benzene rings is 2. The first-order chi connectivity index (χ1) is 12.6. The highest BCUT2D eigenvalue weighted by Crippen LogP contribution is 2.60. The summed E-state index contributed by atoms with van der Waals surface area (Å²) < 4.78 is 0. The van der Waals surface area contributed by atoms with Gasteiger partial charge in [0.2, 0.25) is 0 Å². The minimum absolute atomic E-state index is 0.150. The molecule has 0 aliphatic heterocycles. The third-order valence-electron chi connectivity index (χ3n) is 7.34. The Bertz CT molecular complexity index is 816. The van der Waals surface area contributed by atoms with Gasteiger partial charge in [-0.1, -0.05) is 30.3 Å². The predicted octanol–water partition coefficient (Wildman–Crippen LogP) is 4.32. The van der Waals surface area contributed by atoms with E-state index in [0.717, 1.165) is 43.2 Å². The second-order valence-corrected chi connectivity index (χ2v) is 8.49. The van der Waals surface area contributed by atoms with Crippen molar-refractivity contribution in [2.24, 2.45) is 17.8 Å². The van der Waals surface area contributed by atoms with Gasteiger partial charge in [-0.25, -0.2) is 0 Å². The van der Waals surface area contributed by atoms with Gasteiger partial charge in [0.15, 0.2) is 0 Å². The molecule has 2 fully saturated rings. The molecule has 0 heterocycles. The van der Waals surface area contributed by atoms with Crippen LogP contribution in [0.15, 0.2) is 42.5 Å². The lowest BCUT2D eigenvalue weighted by molar-refractivity contribution is 0.0481. The van der Waals surface area contributed by atoms with Crippen molar-refractivity contribution >= 4 is 0 Å². The van der Waals surface area contributed by atoms with E-state index in [-0.39, 0.29) is 17.6 Å². The zero-order valence-corrected chi connectivity index (χ0v) is 14.9. The summed E-state index contributed by atoms with van der Waals surface area (Å²) in [5.74, 6) is 2.48. The highest BCUT2D eigenvalue weighted by molar-refractivity contribution is 5.51. The molecular weight excluding hydrogens is 324 g/mol. The zero-order valence-electron chi connectivity index (χ0n) is 14.9. The van der Waals surface area contributed by atoms with Gasteiger partial charge in [-0.3, -0.25) is 0 Å². The van der Waals surface area contributed by atoms with Gasteiger partial charge in [0.25, 0.3) is 0 Å². The van der Waals surface area contributed by atoms with Crippen molar-refractivity contribution in [2.45, 2.75) is 50.0 Å². The summed E-state index contributed by atoms with van der Waals surface area (Å²) in [6.45, 7) is 0. The summed E-state index contributed by atoms with van der Waals surface area (Å²) in [5, 5.41) is 31.1. The molecule has 26 heavy (non-hydrogen) atoms. The molecule has 2 aromatic rings. The molecule has 6 atom stereocenters. The van der Waals surface area contributed by atoms with Crippen molar-refractivity contribution in [1.82, 2.24) is 0 Å². The molecule has 0 saturated heterocycles. The minimum Gasteiger partial charge on any atom is -0.508 e. The van der Waals surface area contributed by atoms with Gasteiger partial charge in [0.1, 0.15) is 11.5 Å². The fourth-order valence-electron chi connectivity index (χ4n) is 6.43.